The number of carbonyl (C=O) groups is 2. The molecule has 0 radical (unpaired) electrons. The van der Waals surface area contributed by atoms with Crippen molar-refractivity contribution in [1.82, 2.24) is 19.7 Å². The van der Waals surface area contributed by atoms with Crippen molar-refractivity contribution >= 4 is 40.1 Å². The third-order valence-corrected chi connectivity index (χ3v) is 6.46. The van der Waals surface area contributed by atoms with Crippen LogP contribution in [-0.4, -0.2) is 44.6 Å². The number of pyridine rings is 1. The normalized spacial score (nSPS) is 13.5. The van der Waals surface area contributed by atoms with E-state index in [0.717, 1.165) is 18.4 Å². The maximum absolute atomic E-state index is 13.7. The number of benzene rings is 2. The lowest BCUT2D eigenvalue weighted by Gasteiger charge is -2.18. The predicted octanol–water partition coefficient (Wildman–Crippen LogP) is 5.82. The van der Waals surface area contributed by atoms with Gasteiger partial charge in [-0.3, -0.25) is 9.59 Å². The summed E-state index contributed by atoms with van der Waals surface area (Å²) in [4.78, 5) is 33.4. The number of anilines is 1. The minimum Gasteiger partial charge on any atom is -0.339 e. The Hall–Kier alpha value is -3.71. The van der Waals surface area contributed by atoms with E-state index in [4.69, 9.17) is 16.6 Å². The van der Waals surface area contributed by atoms with E-state index < -0.39 is 0 Å². The van der Waals surface area contributed by atoms with Crippen LogP contribution in [0, 0.1) is 0 Å². The van der Waals surface area contributed by atoms with Crippen LogP contribution in [-0.2, 0) is 0 Å². The van der Waals surface area contributed by atoms with Crippen LogP contribution in [0.4, 0.5) is 5.69 Å². The van der Waals surface area contributed by atoms with Gasteiger partial charge in [0, 0.05) is 29.7 Å². The minimum absolute atomic E-state index is 0.0690. The van der Waals surface area contributed by atoms with Gasteiger partial charge in [-0.2, -0.15) is 5.10 Å². The lowest BCUT2D eigenvalue weighted by molar-refractivity contribution is 0.0794. The number of fused-ring (bicyclic) bond motifs is 1. The van der Waals surface area contributed by atoms with Crippen LogP contribution < -0.4 is 5.32 Å². The Labute approximate surface area is 208 Å². The average Bonchev–Trinajstić information content (AvgIpc) is 3.54. The number of hydrogen-bond acceptors (Lipinski definition) is 4. The molecule has 1 fully saturated rings. The summed E-state index contributed by atoms with van der Waals surface area (Å²) in [7, 11) is 0. The van der Waals surface area contributed by atoms with E-state index in [2.05, 4.69) is 10.4 Å². The number of carbonyl (C=O) groups excluding carboxylic acids is 2. The summed E-state index contributed by atoms with van der Waals surface area (Å²) in [5.41, 5.74) is 3.45. The second-order valence-electron chi connectivity index (χ2n) is 8.98. The topological polar surface area (TPSA) is 80.1 Å². The maximum atomic E-state index is 13.7. The lowest BCUT2D eigenvalue weighted by Crippen LogP contribution is -2.29. The monoisotopic (exact) mass is 487 g/mol. The van der Waals surface area contributed by atoms with Gasteiger partial charge in [-0.1, -0.05) is 41.9 Å². The summed E-state index contributed by atoms with van der Waals surface area (Å²) in [6, 6.07) is 16.5. The van der Waals surface area contributed by atoms with Crippen LogP contribution in [0.3, 0.4) is 0 Å². The molecule has 0 atom stereocenters. The molecule has 0 bridgehead atoms. The molecule has 2 amide bonds. The van der Waals surface area contributed by atoms with E-state index in [1.807, 2.05) is 49.1 Å². The molecule has 2 aromatic carbocycles. The van der Waals surface area contributed by atoms with Crippen molar-refractivity contribution in [3.63, 3.8) is 0 Å². The first-order chi connectivity index (χ1) is 16.9. The van der Waals surface area contributed by atoms with Gasteiger partial charge >= 0.3 is 0 Å². The van der Waals surface area contributed by atoms with Crippen LogP contribution in [0.1, 0.15) is 53.4 Å². The quantitative estimate of drug-likeness (QED) is 0.384. The zero-order valence-corrected chi connectivity index (χ0v) is 20.4. The zero-order valence-electron chi connectivity index (χ0n) is 19.7. The molecule has 7 nitrogen and oxygen atoms in total. The van der Waals surface area contributed by atoms with E-state index in [1.165, 1.54) is 0 Å². The molecule has 35 heavy (non-hydrogen) atoms. The van der Waals surface area contributed by atoms with Crippen molar-refractivity contribution in [1.29, 1.82) is 0 Å². The third kappa shape index (κ3) is 4.51. The molecule has 1 aliphatic heterocycles. The van der Waals surface area contributed by atoms with Gasteiger partial charge in [0.1, 0.15) is 0 Å². The number of nitrogens with zero attached hydrogens (tertiary/aromatic N) is 4. The van der Waals surface area contributed by atoms with Gasteiger partial charge in [0.05, 0.1) is 34.1 Å². The molecular formula is C27H26ClN5O2. The van der Waals surface area contributed by atoms with Crippen LogP contribution in [0.25, 0.3) is 22.3 Å². The van der Waals surface area contributed by atoms with Crippen molar-refractivity contribution < 1.29 is 9.59 Å². The highest BCUT2D eigenvalue weighted by Gasteiger charge is 2.24. The summed E-state index contributed by atoms with van der Waals surface area (Å²) in [5, 5.41) is 8.51. The molecule has 1 N–H and O–H groups in total. The highest BCUT2D eigenvalue weighted by atomic mass is 35.5. The van der Waals surface area contributed by atoms with Crippen LogP contribution in [0.2, 0.25) is 5.02 Å². The SMILES string of the molecule is CC(C)n1ncc2c(C(=O)Nc3cc(Cl)ccc3C(=O)N3CCCC3)cc(-c3ccccc3)nc21. The van der Waals surface area contributed by atoms with Crippen molar-refractivity contribution in [2.75, 3.05) is 18.4 Å². The molecule has 178 valence electrons. The zero-order chi connectivity index (χ0) is 24.5. The lowest BCUT2D eigenvalue weighted by atomic mass is 10.1. The largest absolute Gasteiger partial charge is 0.339 e. The van der Waals surface area contributed by atoms with Crippen LogP contribution >= 0.6 is 11.6 Å². The van der Waals surface area contributed by atoms with Gasteiger partial charge in [-0.05, 0) is 51.0 Å². The summed E-state index contributed by atoms with van der Waals surface area (Å²) >= 11 is 6.25. The fraction of sp³-hybridized carbons (Fsp3) is 0.259. The fourth-order valence-electron chi connectivity index (χ4n) is 4.43. The van der Waals surface area contributed by atoms with E-state index in [9.17, 15) is 9.59 Å². The highest BCUT2D eigenvalue weighted by molar-refractivity contribution is 6.31. The number of halogens is 1. The first-order valence-electron chi connectivity index (χ1n) is 11.8. The van der Waals surface area contributed by atoms with Gasteiger partial charge in [0.15, 0.2) is 5.65 Å². The number of hydrogen-bond donors (Lipinski definition) is 1. The van der Waals surface area contributed by atoms with E-state index in [0.29, 0.717) is 51.7 Å². The van der Waals surface area contributed by atoms with E-state index in [-0.39, 0.29) is 17.9 Å². The number of rotatable bonds is 5. The van der Waals surface area contributed by atoms with E-state index in [1.54, 1.807) is 35.1 Å². The Bertz CT molecular complexity index is 1410. The Morgan fingerprint density at radius 2 is 1.74 bits per heavy atom. The van der Waals surface area contributed by atoms with Gasteiger partial charge in [-0.15, -0.1) is 0 Å². The number of aromatic nitrogens is 3. The number of amides is 2. The molecule has 0 aliphatic carbocycles. The summed E-state index contributed by atoms with van der Waals surface area (Å²) in [5.74, 6) is -0.456. The first-order valence-corrected chi connectivity index (χ1v) is 12.1. The highest BCUT2D eigenvalue weighted by Crippen LogP contribution is 2.29. The molecule has 4 aromatic rings. The molecule has 0 spiro atoms. The Morgan fingerprint density at radius 3 is 2.46 bits per heavy atom. The summed E-state index contributed by atoms with van der Waals surface area (Å²) in [6.07, 6.45) is 3.64. The second-order valence-corrected chi connectivity index (χ2v) is 9.42. The van der Waals surface area contributed by atoms with Crippen molar-refractivity contribution in [3.05, 3.63) is 76.9 Å². The Balaban J connectivity index is 1.58. The molecule has 1 aliphatic rings. The smallest absolute Gasteiger partial charge is 0.256 e. The third-order valence-electron chi connectivity index (χ3n) is 6.22. The summed E-state index contributed by atoms with van der Waals surface area (Å²) in [6.45, 7) is 5.47. The van der Waals surface area contributed by atoms with Crippen LogP contribution in [0.5, 0.6) is 0 Å². The Kier molecular flexibility index (Phi) is 6.26. The number of likely N-dealkylation sites (tertiary alicyclic amines) is 1. The van der Waals surface area contributed by atoms with Gasteiger partial charge in [0.25, 0.3) is 11.8 Å². The van der Waals surface area contributed by atoms with E-state index >= 15 is 0 Å². The number of nitrogens with one attached hydrogen (secondary N) is 1. The van der Waals surface area contributed by atoms with Crippen LogP contribution in [0.15, 0.2) is 60.8 Å². The minimum atomic E-state index is -0.351. The Morgan fingerprint density at radius 1 is 1.00 bits per heavy atom. The molecule has 3 heterocycles. The molecule has 5 rings (SSSR count). The first kappa shape index (κ1) is 23.1. The molecule has 0 saturated carbocycles. The molecule has 2 aromatic heterocycles. The van der Waals surface area contributed by atoms with Gasteiger partial charge in [-0.25, -0.2) is 9.67 Å². The van der Waals surface area contributed by atoms with Gasteiger partial charge < -0.3 is 10.2 Å². The van der Waals surface area contributed by atoms with Crippen molar-refractivity contribution in [3.8, 4) is 11.3 Å². The standard InChI is InChI=1S/C27H26ClN5O2/c1-17(2)33-25-22(16-29-33)21(15-23(30-25)18-8-4-3-5-9-18)26(34)31-24-14-19(28)10-11-20(24)27(35)32-12-6-7-13-32/h3-5,8-11,14-17H,6-7,12-13H2,1-2H3,(H,31,34). The average molecular weight is 488 g/mol. The molecule has 1 saturated heterocycles. The fourth-order valence-corrected chi connectivity index (χ4v) is 4.60. The maximum Gasteiger partial charge on any atom is 0.256 e. The second kappa shape index (κ2) is 9.50. The molecule has 8 heteroatoms. The van der Waals surface area contributed by atoms with Gasteiger partial charge in [0.2, 0.25) is 0 Å². The molecule has 0 unspecified atom stereocenters. The summed E-state index contributed by atoms with van der Waals surface area (Å²) < 4.78 is 1.81. The molecular weight excluding hydrogens is 462 g/mol. The predicted molar refractivity (Wildman–Crippen MR) is 138 cm³/mol. The van der Waals surface area contributed by atoms with Crippen molar-refractivity contribution in [2.24, 2.45) is 0 Å². The van der Waals surface area contributed by atoms with Crippen molar-refractivity contribution in [2.45, 2.75) is 32.7 Å².